The topological polar surface area (TPSA) is 21.3 Å². The number of hydrogen-bond donors (Lipinski definition) is 1. The molecule has 0 spiro atoms. The Hall–Kier alpha value is -0.290. The number of rotatable bonds is 5. The third kappa shape index (κ3) is 3.35. The van der Waals surface area contributed by atoms with E-state index in [0.29, 0.717) is 18.4 Å². The number of fused-ring (bicyclic) bond motifs is 2. The van der Waals surface area contributed by atoms with Gasteiger partial charge in [0.2, 0.25) is 0 Å². The molecule has 2 heterocycles. The van der Waals surface area contributed by atoms with Crippen molar-refractivity contribution in [1.82, 2.24) is 5.32 Å². The van der Waals surface area contributed by atoms with Gasteiger partial charge in [-0.3, -0.25) is 0 Å². The maximum atomic E-state index is 12.1. The molecule has 0 radical (unpaired) electrons. The van der Waals surface area contributed by atoms with Crippen molar-refractivity contribution in [3.05, 3.63) is 0 Å². The number of alkyl halides is 3. The first-order valence-electron chi connectivity index (χ1n) is 6.39. The largest absolute Gasteiger partial charge is 0.389 e. The van der Waals surface area contributed by atoms with Gasteiger partial charge in [-0.05, 0) is 39.2 Å². The Kier molecular flexibility index (Phi) is 3.98. The van der Waals surface area contributed by atoms with Crippen molar-refractivity contribution >= 4 is 0 Å². The molecule has 1 N–H and O–H groups in total. The highest BCUT2D eigenvalue weighted by atomic mass is 19.4. The van der Waals surface area contributed by atoms with Crippen LogP contribution in [0.5, 0.6) is 0 Å². The van der Waals surface area contributed by atoms with Crippen LogP contribution in [0.2, 0.25) is 0 Å². The lowest BCUT2D eigenvalue weighted by Gasteiger charge is -2.28. The van der Waals surface area contributed by atoms with Crippen LogP contribution in [0.1, 0.15) is 38.5 Å². The van der Waals surface area contributed by atoms with Crippen molar-refractivity contribution in [2.45, 2.75) is 63.0 Å². The number of hydrogen-bond acceptors (Lipinski definition) is 2. The fraction of sp³-hybridized carbons (Fsp3) is 1.00. The first-order valence-corrected chi connectivity index (χ1v) is 6.39. The van der Waals surface area contributed by atoms with Gasteiger partial charge in [-0.25, -0.2) is 0 Å². The zero-order valence-electron chi connectivity index (χ0n) is 10.1. The molecule has 4 atom stereocenters. The highest BCUT2D eigenvalue weighted by Crippen LogP contribution is 2.41. The molecule has 0 aromatic rings. The Bertz CT molecular complexity index is 257. The fourth-order valence-electron chi connectivity index (χ4n) is 3.20. The lowest BCUT2D eigenvalue weighted by atomic mass is 9.82. The van der Waals surface area contributed by atoms with E-state index in [1.165, 1.54) is 0 Å². The average Bonchev–Trinajstić information content (AvgIpc) is 2.84. The molecule has 0 aromatic carbocycles. The van der Waals surface area contributed by atoms with Gasteiger partial charge in [-0.15, -0.1) is 0 Å². The van der Waals surface area contributed by atoms with Crippen molar-refractivity contribution in [2.75, 3.05) is 7.05 Å². The minimum absolute atomic E-state index is 0.174. The molecule has 100 valence electrons. The molecule has 17 heavy (non-hydrogen) atoms. The van der Waals surface area contributed by atoms with E-state index in [4.69, 9.17) is 4.74 Å². The zero-order valence-corrected chi connectivity index (χ0v) is 10.1. The highest BCUT2D eigenvalue weighted by Gasteiger charge is 2.43. The third-order valence-electron chi connectivity index (χ3n) is 4.02. The van der Waals surface area contributed by atoms with Gasteiger partial charge < -0.3 is 10.1 Å². The summed E-state index contributed by atoms with van der Waals surface area (Å²) in [6.07, 6.45) is -0.0338. The second-order valence-electron chi connectivity index (χ2n) is 5.18. The van der Waals surface area contributed by atoms with E-state index >= 15 is 0 Å². The molecule has 0 aliphatic carbocycles. The van der Waals surface area contributed by atoms with Gasteiger partial charge in [0.1, 0.15) is 0 Å². The van der Waals surface area contributed by atoms with Crippen molar-refractivity contribution in [3.8, 4) is 0 Å². The van der Waals surface area contributed by atoms with Crippen molar-refractivity contribution < 1.29 is 17.9 Å². The Morgan fingerprint density at radius 3 is 2.59 bits per heavy atom. The SMILES string of the molecule is CNC(CCCC(F)(F)F)C1CC2CCC1O2. The van der Waals surface area contributed by atoms with Crippen LogP contribution in [0.3, 0.4) is 0 Å². The summed E-state index contributed by atoms with van der Waals surface area (Å²) in [6, 6.07) is 0.174. The Morgan fingerprint density at radius 1 is 1.35 bits per heavy atom. The highest BCUT2D eigenvalue weighted by molar-refractivity contribution is 4.94. The number of nitrogens with one attached hydrogen (secondary N) is 1. The van der Waals surface area contributed by atoms with Crippen LogP contribution in [0.4, 0.5) is 13.2 Å². The molecular formula is C12H20F3NO. The van der Waals surface area contributed by atoms with Gasteiger partial charge in [0.05, 0.1) is 12.2 Å². The standard InChI is InChI=1S/C12H20F3NO/c1-16-10(3-2-6-12(13,14)15)9-7-8-4-5-11(9)17-8/h8-11,16H,2-7H2,1H3. The lowest BCUT2D eigenvalue weighted by Crippen LogP contribution is -2.38. The van der Waals surface area contributed by atoms with E-state index in [1.807, 2.05) is 7.05 Å². The van der Waals surface area contributed by atoms with E-state index < -0.39 is 12.6 Å². The average molecular weight is 251 g/mol. The molecule has 0 saturated carbocycles. The summed E-state index contributed by atoms with van der Waals surface area (Å²) >= 11 is 0. The van der Waals surface area contributed by atoms with Crippen LogP contribution < -0.4 is 5.32 Å². The van der Waals surface area contributed by atoms with Gasteiger partial charge >= 0.3 is 6.18 Å². The summed E-state index contributed by atoms with van der Waals surface area (Å²) in [5.41, 5.74) is 0. The second-order valence-corrected chi connectivity index (χ2v) is 5.18. The Labute approximate surface area is 99.9 Å². The normalized spacial score (nSPS) is 34.2. The Morgan fingerprint density at radius 2 is 2.12 bits per heavy atom. The van der Waals surface area contributed by atoms with Crippen LogP contribution in [-0.2, 0) is 4.74 Å². The van der Waals surface area contributed by atoms with E-state index in [2.05, 4.69) is 5.32 Å². The first-order chi connectivity index (χ1) is 7.99. The van der Waals surface area contributed by atoms with Crippen molar-refractivity contribution in [2.24, 2.45) is 5.92 Å². The number of halogens is 3. The molecule has 2 saturated heterocycles. The quantitative estimate of drug-likeness (QED) is 0.811. The minimum Gasteiger partial charge on any atom is -0.375 e. The van der Waals surface area contributed by atoms with Crippen LogP contribution in [0.25, 0.3) is 0 Å². The molecule has 2 rings (SSSR count). The summed E-state index contributed by atoms with van der Waals surface area (Å²) in [5, 5.41) is 3.17. The zero-order chi connectivity index (χ0) is 12.5. The molecule has 2 fully saturated rings. The molecule has 4 unspecified atom stereocenters. The van der Waals surface area contributed by atoms with E-state index in [9.17, 15) is 13.2 Å². The van der Waals surface area contributed by atoms with E-state index in [1.54, 1.807) is 0 Å². The molecule has 5 heteroatoms. The minimum atomic E-state index is -4.02. The summed E-state index contributed by atoms with van der Waals surface area (Å²) in [5.74, 6) is 0.409. The molecule has 2 aliphatic rings. The predicted molar refractivity (Wildman–Crippen MR) is 58.8 cm³/mol. The monoisotopic (exact) mass is 251 g/mol. The molecule has 0 aromatic heterocycles. The molecule has 2 nitrogen and oxygen atoms in total. The third-order valence-corrected chi connectivity index (χ3v) is 4.02. The molecule has 2 bridgehead atoms. The fourth-order valence-corrected chi connectivity index (χ4v) is 3.20. The molecule has 2 aliphatic heterocycles. The maximum absolute atomic E-state index is 12.1. The van der Waals surface area contributed by atoms with Gasteiger partial charge in [0, 0.05) is 18.4 Å². The maximum Gasteiger partial charge on any atom is 0.389 e. The van der Waals surface area contributed by atoms with Crippen LogP contribution >= 0.6 is 0 Å². The van der Waals surface area contributed by atoms with Gasteiger partial charge in [0.25, 0.3) is 0 Å². The van der Waals surface area contributed by atoms with Gasteiger partial charge in [-0.2, -0.15) is 13.2 Å². The van der Waals surface area contributed by atoms with E-state index in [0.717, 1.165) is 19.3 Å². The smallest absolute Gasteiger partial charge is 0.375 e. The first kappa shape index (κ1) is 13.1. The Balaban J connectivity index is 1.77. The second kappa shape index (κ2) is 5.14. The van der Waals surface area contributed by atoms with Crippen LogP contribution in [0.15, 0.2) is 0 Å². The summed E-state index contributed by atoms with van der Waals surface area (Å²) in [4.78, 5) is 0. The summed E-state index contributed by atoms with van der Waals surface area (Å²) in [7, 11) is 1.84. The van der Waals surface area contributed by atoms with Crippen molar-refractivity contribution in [3.63, 3.8) is 0 Å². The van der Waals surface area contributed by atoms with Gasteiger partial charge in [0.15, 0.2) is 0 Å². The lowest BCUT2D eigenvalue weighted by molar-refractivity contribution is -0.136. The van der Waals surface area contributed by atoms with E-state index in [-0.39, 0.29) is 18.6 Å². The molecule has 0 amide bonds. The number of ether oxygens (including phenoxy) is 1. The van der Waals surface area contributed by atoms with Gasteiger partial charge in [-0.1, -0.05) is 0 Å². The summed E-state index contributed by atoms with van der Waals surface area (Å²) < 4.78 is 42.0. The van der Waals surface area contributed by atoms with Crippen LogP contribution in [-0.4, -0.2) is 31.5 Å². The molecular weight excluding hydrogens is 231 g/mol. The predicted octanol–water partition coefficient (Wildman–Crippen LogP) is 2.87. The van der Waals surface area contributed by atoms with Crippen LogP contribution in [0, 0.1) is 5.92 Å². The van der Waals surface area contributed by atoms with Crippen molar-refractivity contribution in [1.29, 1.82) is 0 Å². The summed E-state index contributed by atoms with van der Waals surface area (Å²) in [6.45, 7) is 0.